The molecule has 0 aromatic carbocycles. The number of hydrogen-bond acceptors (Lipinski definition) is 5. The van der Waals surface area contributed by atoms with E-state index in [0.29, 0.717) is 26.1 Å². The van der Waals surface area contributed by atoms with Gasteiger partial charge in [-0.05, 0) is 25.7 Å². The van der Waals surface area contributed by atoms with Crippen molar-refractivity contribution in [3.05, 3.63) is 0 Å². The van der Waals surface area contributed by atoms with Crippen LogP contribution in [0.1, 0.15) is 32.1 Å². The minimum absolute atomic E-state index is 0.0555. The molecule has 20 heavy (non-hydrogen) atoms. The average Bonchev–Trinajstić information content (AvgIpc) is 2.37. The summed E-state index contributed by atoms with van der Waals surface area (Å²) in [5, 5.41) is 20.0. The number of carboxylic acid groups (broad SMARTS) is 2. The SMILES string of the molecule is NC1(C(=O)N[C@H](CCCC(=O)O)C(=O)O)CCOCC1. The second-order valence-corrected chi connectivity index (χ2v) is 4.92. The van der Waals surface area contributed by atoms with Crippen LogP contribution in [0.3, 0.4) is 0 Å². The fourth-order valence-electron chi connectivity index (χ4n) is 1.98. The van der Waals surface area contributed by atoms with E-state index in [1.54, 1.807) is 0 Å². The lowest BCUT2D eigenvalue weighted by atomic mass is 9.90. The van der Waals surface area contributed by atoms with Gasteiger partial charge in [0.15, 0.2) is 0 Å². The number of carbonyl (C=O) groups is 3. The Morgan fingerprint density at radius 2 is 1.85 bits per heavy atom. The van der Waals surface area contributed by atoms with Crippen LogP contribution in [0, 0.1) is 0 Å². The van der Waals surface area contributed by atoms with Gasteiger partial charge in [-0.2, -0.15) is 0 Å². The summed E-state index contributed by atoms with van der Waals surface area (Å²) in [7, 11) is 0. The summed E-state index contributed by atoms with van der Waals surface area (Å²) in [6.45, 7) is 0.724. The summed E-state index contributed by atoms with van der Waals surface area (Å²) in [6, 6.07) is -1.12. The first-order chi connectivity index (χ1) is 9.35. The third-order valence-electron chi connectivity index (χ3n) is 3.32. The summed E-state index contributed by atoms with van der Waals surface area (Å²) in [6.07, 6.45) is 0.759. The van der Waals surface area contributed by atoms with Crippen molar-refractivity contribution in [1.29, 1.82) is 0 Å². The number of hydrogen-bond donors (Lipinski definition) is 4. The number of ether oxygens (including phenoxy) is 1. The summed E-state index contributed by atoms with van der Waals surface area (Å²) in [5.41, 5.74) is 4.84. The highest BCUT2D eigenvalue weighted by molar-refractivity contribution is 5.90. The lowest BCUT2D eigenvalue weighted by Crippen LogP contribution is -2.59. The first-order valence-corrected chi connectivity index (χ1v) is 6.47. The predicted octanol–water partition coefficient (Wildman–Crippen LogP) is -0.681. The van der Waals surface area contributed by atoms with Crippen molar-refractivity contribution in [2.75, 3.05) is 13.2 Å². The monoisotopic (exact) mass is 288 g/mol. The minimum atomic E-state index is -1.20. The highest BCUT2D eigenvalue weighted by Gasteiger charge is 2.37. The van der Waals surface area contributed by atoms with Crippen LogP contribution in [0.25, 0.3) is 0 Å². The smallest absolute Gasteiger partial charge is 0.326 e. The molecule has 0 unspecified atom stereocenters. The highest BCUT2D eigenvalue weighted by atomic mass is 16.5. The zero-order chi connectivity index (χ0) is 15.2. The maximum Gasteiger partial charge on any atom is 0.326 e. The first kappa shape index (κ1) is 16.4. The summed E-state index contributed by atoms with van der Waals surface area (Å²) < 4.78 is 5.12. The Bertz CT molecular complexity index is 378. The predicted molar refractivity (Wildman–Crippen MR) is 68.0 cm³/mol. The molecule has 0 bridgehead atoms. The number of nitrogens with two attached hydrogens (primary N) is 1. The summed E-state index contributed by atoms with van der Waals surface area (Å²) >= 11 is 0. The van der Waals surface area contributed by atoms with Crippen LogP contribution < -0.4 is 11.1 Å². The van der Waals surface area contributed by atoms with Gasteiger partial charge >= 0.3 is 11.9 Å². The van der Waals surface area contributed by atoms with Crippen molar-refractivity contribution in [2.24, 2.45) is 5.73 Å². The molecule has 1 rings (SSSR count). The molecule has 1 fully saturated rings. The maximum absolute atomic E-state index is 12.1. The molecule has 8 nitrogen and oxygen atoms in total. The average molecular weight is 288 g/mol. The Kier molecular flexibility index (Phi) is 5.90. The van der Waals surface area contributed by atoms with Gasteiger partial charge in [0.2, 0.25) is 5.91 Å². The summed E-state index contributed by atoms with van der Waals surface area (Å²) in [4.78, 5) is 33.5. The van der Waals surface area contributed by atoms with Gasteiger partial charge in [-0.15, -0.1) is 0 Å². The van der Waals surface area contributed by atoms with Gasteiger partial charge in [-0.25, -0.2) is 4.79 Å². The normalized spacial score (nSPS) is 19.1. The molecule has 8 heteroatoms. The zero-order valence-electron chi connectivity index (χ0n) is 11.1. The van der Waals surface area contributed by atoms with Crippen LogP contribution in [-0.2, 0) is 19.1 Å². The number of nitrogens with one attached hydrogen (secondary N) is 1. The lowest BCUT2D eigenvalue weighted by molar-refractivity contribution is -0.144. The third kappa shape index (κ3) is 4.78. The van der Waals surface area contributed by atoms with Crippen molar-refractivity contribution in [3.8, 4) is 0 Å². The van der Waals surface area contributed by atoms with Gasteiger partial charge in [0.25, 0.3) is 0 Å². The van der Waals surface area contributed by atoms with E-state index in [2.05, 4.69) is 5.32 Å². The van der Waals surface area contributed by atoms with Crippen molar-refractivity contribution < 1.29 is 29.3 Å². The highest BCUT2D eigenvalue weighted by Crippen LogP contribution is 2.18. The molecular formula is C12H20N2O6. The molecule has 1 aliphatic heterocycles. The van der Waals surface area contributed by atoms with Gasteiger partial charge < -0.3 is 26.0 Å². The molecule has 1 saturated heterocycles. The van der Waals surface area contributed by atoms with Crippen LogP contribution in [0.4, 0.5) is 0 Å². The first-order valence-electron chi connectivity index (χ1n) is 6.47. The number of amides is 1. The molecule has 0 saturated carbocycles. The van der Waals surface area contributed by atoms with Crippen LogP contribution in [0.15, 0.2) is 0 Å². The minimum Gasteiger partial charge on any atom is -0.481 e. The second kappa shape index (κ2) is 7.20. The standard InChI is InChI=1S/C12H20N2O6/c13-12(4-6-20-7-5-12)11(19)14-8(10(17)18)2-1-3-9(15)16/h8H,1-7,13H2,(H,14,19)(H,15,16)(H,17,18)/t8-/m1/s1. The van der Waals surface area contributed by atoms with Gasteiger partial charge in [0.1, 0.15) is 6.04 Å². The van der Waals surface area contributed by atoms with Gasteiger partial charge in [-0.3, -0.25) is 9.59 Å². The number of aliphatic carboxylic acids is 2. The van der Waals surface area contributed by atoms with Crippen molar-refractivity contribution in [1.82, 2.24) is 5.32 Å². The number of carbonyl (C=O) groups excluding carboxylic acids is 1. The van der Waals surface area contributed by atoms with E-state index in [4.69, 9.17) is 20.7 Å². The molecule has 1 aliphatic rings. The van der Waals surface area contributed by atoms with Gasteiger partial charge in [-0.1, -0.05) is 0 Å². The van der Waals surface area contributed by atoms with Crippen molar-refractivity contribution >= 4 is 17.8 Å². The maximum atomic E-state index is 12.1. The molecule has 1 amide bonds. The van der Waals surface area contributed by atoms with Gasteiger partial charge in [0, 0.05) is 19.6 Å². The van der Waals surface area contributed by atoms with Crippen molar-refractivity contribution in [2.45, 2.75) is 43.7 Å². The molecule has 114 valence electrons. The molecule has 0 spiro atoms. The van der Waals surface area contributed by atoms with E-state index in [0.717, 1.165) is 0 Å². The van der Waals surface area contributed by atoms with E-state index in [-0.39, 0.29) is 19.3 Å². The Hall–Kier alpha value is -1.67. The molecule has 1 heterocycles. The Morgan fingerprint density at radius 1 is 1.25 bits per heavy atom. The Labute approximate surface area is 116 Å². The third-order valence-corrected chi connectivity index (χ3v) is 3.32. The molecule has 0 radical (unpaired) electrons. The quantitative estimate of drug-likeness (QED) is 0.486. The van der Waals surface area contributed by atoms with Crippen LogP contribution in [0.2, 0.25) is 0 Å². The molecule has 1 atom stereocenters. The van der Waals surface area contributed by atoms with E-state index in [1.165, 1.54) is 0 Å². The van der Waals surface area contributed by atoms with Gasteiger partial charge in [0.05, 0.1) is 5.54 Å². The molecule has 0 aromatic rings. The molecular weight excluding hydrogens is 268 g/mol. The molecule has 0 aromatic heterocycles. The molecule has 5 N–H and O–H groups in total. The van der Waals surface area contributed by atoms with Crippen molar-refractivity contribution in [3.63, 3.8) is 0 Å². The fraction of sp³-hybridized carbons (Fsp3) is 0.750. The van der Waals surface area contributed by atoms with E-state index < -0.39 is 29.4 Å². The zero-order valence-corrected chi connectivity index (χ0v) is 11.1. The fourth-order valence-corrected chi connectivity index (χ4v) is 1.98. The Balaban J connectivity index is 2.53. The number of carboxylic acids is 2. The van der Waals surface area contributed by atoms with Crippen LogP contribution in [0.5, 0.6) is 0 Å². The topological polar surface area (TPSA) is 139 Å². The lowest BCUT2D eigenvalue weighted by Gasteiger charge is -2.32. The molecule has 0 aliphatic carbocycles. The summed E-state index contributed by atoms with van der Waals surface area (Å²) in [5.74, 6) is -2.72. The van der Waals surface area contributed by atoms with Crippen LogP contribution >= 0.6 is 0 Å². The van der Waals surface area contributed by atoms with E-state index in [9.17, 15) is 14.4 Å². The Morgan fingerprint density at radius 3 is 2.35 bits per heavy atom. The van der Waals surface area contributed by atoms with E-state index >= 15 is 0 Å². The van der Waals surface area contributed by atoms with Crippen LogP contribution in [-0.4, -0.2) is 52.9 Å². The van der Waals surface area contributed by atoms with E-state index in [1.807, 2.05) is 0 Å². The second-order valence-electron chi connectivity index (χ2n) is 4.92. The largest absolute Gasteiger partial charge is 0.481 e. The number of rotatable bonds is 7.